The maximum absolute atomic E-state index is 11.0. The highest BCUT2D eigenvalue weighted by Gasteiger charge is 2.22. The molecule has 0 aromatic heterocycles. The van der Waals surface area contributed by atoms with Gasteiger partial charge in [-0.2, -0.15) is 0 Å². The Balaban J connectivity index is 2.52. The average molecular weight is 248 g/mol. The standard InChI is InChI=1S/C14H20N2O2/c1-10-5-6-12-14(11(10)2)16(9-13(17)18)8-4-7-15(12)3/h5-6H,4,7-9H2,1-3H3,(H,17,18). The number of carboxylic acids is 1. The minimum atomic E-state index is -0.772. The molecule has 0 unspecified atom stereocenters. The van der Waals surface area contributed by atoms with E-state index in [-0.39, 0.29) is 6.54 Å². The van der Waals surface area contributed by atoms with Crippen molar-refractivity contribution >= 4 is 17.3 Å². The molecule has 4 heteroatoms. The van der Waals surface area contributed by atoms with Gasteiger partial charge in [-0.05, 0) is 37.5 Å². The molecule has 0 saturated carbocycles. The van der Waals surface area contributed by atoms with Gasteiger partial charge in [-0.25, -0.2) is 0 Å². The molecule has 4 nitrogen and oxygen atoms in total. The van der Waals surface area contributed by atoms with Gasteiger partial charge in [-0.1, -0.05) is 6.07 Å². The lowest BCUT2D eigenvalue weighted by molar-refractivity contribution is -0.135. The molecule has 1 aliphatic heterocycles. The third-order valence-corrected chi connectivity index (χ3v) is 3.66. The van der Waals surface area contributed by atoms with Crippen LogP contribution in [0, 0.1) is 13.8 Å². The van der Waals surface area contributed by atoms with E-state index >= 15 is 0 Å². The van der Waals surface area contributed by atoms with Gasteiger partial charge in [0.15, 0.2) is 0 Å². The SMILES string of the molecule is Cc1ccc2c(c1C)N(CC(=O)O)CCCN2C. The maximum atomic E-state index is 11.0. The number of aryl methyl sites for hydroxylation is 1. The third-order valence-electron chi connectivity index (χ3n) is 3.66. The summed E-state index contributed by atoms with van der Waals surface area (Å²) in [6, 6.07) is 4.20. The van der Waals surface area contributed by atoms with Gasteiger partial charge >= 0.3 is 5.97 Å². The summed E-state index contributed by atoms with van der Waals surface area (Å²) >= 11 is 0. The average Bonchev–Trinajstić information content (AvgIpc) is 2.44. The molecule has 18 heavy (non-hydrogen) atoms. The zero-order chi connectivity index (χ0) is 13.3. The molecule has 0 fully saturated rings. The molecule has 1 heterocycles. The predicted molar refractivity (Wildman–Crippen MR) is 73.7 cm³/mol. The van der Waals surface area contributed by atoms with Crippen LogP contribution in [0.25, 0.3) is 0 Å². The Labute approximate surface area is 108 Å². The van der Waals surface area contributed by atoms with Gasteiger partial charge in [0.25, 0.3) is 0 Å². The fourth-order valence-corrected chi connectivity index (χ4v) is 2.55. The molecular formula is C14H20N2O2. The Kier molecular flexibility index (Phi) is 3.45. The molecule has 0 saturated heterocycles. The molecule has 0 bridgehead atoms. The minimum Gasteiger partial charge on any atom is -0.480 e. The van der Waals surface area contributed by atoms with Crippen LogP contribution < -0.4 is 9.80 Å². The summed E-state index contributed by atoms with van der Waals surface area (Å²) in [7, 11) is 2.07. The number of hydrogen-bond acceptors (Lipinski definition) is 3. The molecular weight excluding hydrogens is 228 g/mol. The van der Waals surface area contributed by atoms with Gasteiger partial charge in [-0.15, -0.1) is 0 Å². The van der Waals surface area contributed by atoms with Gasteiger partial charge in [0.1, 0.15) is 6.54 Å². The number of fused-ring (bicyclic) bond motifs is 1. The van der Waals surface area contributed by atoms with Crippen molar-refractivity contribution in [3.05, 3.63) is 23.3 Å². The predicted octanol–water partition coefficient (Wildman–Crippen LogP) is 2.03. The van der Waals surface area contributed by atoms with Crippen LogP contribution in [-0.2, 0) is 4.79 Å². The van der Waals surface area contributed by atoms with Crippen molar-refractivity contribution in [2.75, 3.05) is 36.5 Å². The minimum absolute atomic E-state index is 0.0745. The summed E-state index contributed by atoms with van der Waals surface area (Å²) in [5.41, 5.74) is 4.61. The maximum Gasteiger partial charge on any atom is 0.323 e. The number of anilines is 2. The smallest absolute Gasteiger partial charge is 0.323 e. The zero-order valence-corrected chi connectivity index (χ0v) is 11.2. The van der Waals surface area contributed by atoms with E-state index in [0.29, 0.717) is 0 Å². The van der Waals surface area contributed by atoms with Crippen LogP contribution in [0.15, 0.2) is 12.1 Å². The summed E-state index contributed by atoms with van der Waals surface area (Å²) in [5.74, 6) is -0.772. The van der Waals surface area contributed by atoms with Gasteiger partial charge < -0.3 is 14.9 Å². The zero-order valence-electron chi connectivity index (χ0n) is 11.2. The molecule has 0 atom stereocenters. The van der Waals surface area contributed by atoms with E-state index in [1.165, 1.54) is 11.1 Å². The summed E-state index contributed by atoms with van der Waals surface area (Å²) in [5, 5.41) is 9.05. The highest BCUT2D eigenvalue weighted by atomic mass is 16.4. The highest BCUT2D eigenvalue weighted by Crippen LogP contribution is 2.36. The van der Waals surface area contributed by atoms with E-state index in [0.717, 1.165) is 30.9 Å². The number of carboxylic acid groups (broad SMARTS) is 1. The van der Waals surface area contributed by atoms with Gasteiger partial charge in [-0.3, -0.25) is 4.79 Å². The molecule has 2 rings (SSSR count). The van der Waals surface area contributed by atoms with Crippen LogP contribution in [0.5, 0.6) is 0 Å². The van der Waals surface area contributed by atoms with Gasteiger partial charge in [0.05, 0.1) is 11.4 Å². The fourth-order valence-electron chi connectivity index (χ4n) is 2.55. The van der Waals surface area contributed by atoms with Crippen LogP contribution in [0.4, 0.5) is 11.4 Å². The van der Waals surface area contributed by atoms with Crippen molar-refractivity contribution in [3.8, 4) is 0 Å². The molecule has 1 aliphatic rings. The number of aliphatic carboxylic acids is 1. The summed E-state index contributed by atoms with van der Waals surface area (Å²) in [6.45, 7) is 5.98. The molecule has 0 spiro atoms. The van der Waals surface area contributed by atoms with E-state index in [2.05, 4.69) is 37.9 Å². The molecule has 1 N–H and O–H groups in total. The van der Waals surface area contributed by atoms with E-state index < -0.39 is 5.97 Å². The number of nitrogens with zero attached hydrogens (tertiary/aromatic N) is 2. The lowest BCUT2D eigenvalue weighted by Gasteiger charge is -2.27. The Hall–Kier alpha value is -1.71. The summed E-state index contributed by atoms with van der Waals surface area (Å²) in [4.78, 5) is 15.2. The molecule has 0 radical (unpaired) electrons. The van der Waals surface area contributed by atoms with Crippen molar-refractivity contribution in [1.82, 2.24) is 0 Å². The van der Waals surface area contributed by atoms with E-state index in [9.17, 15) is 4.79 Å². The molecule has 98 valence electrons. The lowest BCUT2D eigenvalue weighted by atomic mass is 10.0. The van der Waals surface area contributed by atoms with Gasteiger partial charge in [0, 0.05) is 20.1 Å². The quantitative estimate of drug-likeness (QED) is 0.869. The van der Waals surface area contributed by atoms with Crippen LogP contribution in [0.1, 0.15) is 17.5 Å². The third kappa shape index (κ3) is 2.28. The Bertz CT molecular complexity index is 471. The fraction of sp³-hybridized carbons (Fsp3) is 0.500. The second-order valence-electron chi connectivity index (χ2n) is 4.97. The first-order chi connectivity index (χ1) is 8.50. The molecule has 0 aliphatic carbocycles. The van der Waals surface area contributed by atoms with Gasteiger partial charge in [0.2, 0.25) is 0 Å². The first kappa shape index (κ1) is 12.7. The summed E-state index contributed by atoms with van der Waals surface area (Å²) in [6.07, 6.45) is 0.983. The molecule has 0 amide bonds. The summed E-state index contributed by atoms with van der Waals surface area (Å²) < 4.78 is 0. The van der Waals surface area contributed by atoms with E-state index in [1.54, 1.807) is 0 Å². The first-order valence-electron chi connectivity index (χ1n) is 6.29. The van der Waals surface area contributed by atoms with Crippen molar-refractivity contribution < 1.29 is 9.90 Å². The highest BCUT2D eigenvalue weighted by molar-refractivity contribution is 5.81. The second-order valence-corrected chi connectivity index (χ2v) is 4.97. The Morgan fingerprint density at radius 3 is 2.72 bits per heavy atom. The Morgan fingerprint density at radius 2 is 2.06 bits per heavy atom. The first-order valence-corrected chi connectivity index (χ1v) is 6.29. The van der Waals surface area contributed by atoms with E-state index in [1.807, 2.05) is 4.90 Å². The topological polar surface area (TPSA) is 43.8 Å². The van der Waals surface area contributed by atoms with E-state index in [4.69, 9.17) is 5.11 Å². The number of hydrogen-bond donors (Lipinski definition) is 1. The van der Waals surface area contributed by atoms with Crippen LogP contribution >= 0.6 is 0 Å². The lowest BCUT2D eigenvalue weighted by Crippen LogP contribution is -2.30. The number of carbonyl (C=O) groups is 1. The number of rotatable bonds is 2. The van der Waals surface area contributed by atoms with Crippen molar-refractivity contribution in [2.24, 2.45) is 0 Å². The normalized spacial score (nSPS) is 15.3. The monoisotopic (exact) mass is 248 g/mol. The van der Waals surface area contributed by atoms with Crippen molar-refractivity contribution in [1.29, 1.82) is 0 Å². The van der Waals surface area contributed by atoms with Crippen LogP contribution in [0.2, 0.25) is 0 Å². The largest absolute Gasteiger partial charge is 0.480 e. The second kappa shape index (κ2) is 4.88. The Morgan fingerprint density at radius 1 is 1.33 bits per heavy atom. The number of benzene rings is 1. The van der Waals surface area contributed by atoms with Crippen LogP contribution in [-0.4, -0.2) is 37.8 Å². The molecule has 1 aromatic carbocycles. The van der Waals surface area contributed by atoms with Crippen molar-refractivity contribution in [3.63, 3.8) is 0 Å². The van der Waals surface area contributed by atoms with Crippen LogP contribution in [0.3, 0.4) is 0 Å². The van der Waals surface area contributed by atoms with Crippen molar-refractivity contribution in [2.45, 2.75) is 20.3 Å². The molecule has 1 aromatic rings.